The predicted octanol–water partition coefficient (Wildman–Crippen LogP) is 2.87. The maximum Gasteiger partial charge on any atom is 0.342 e. The van der Waals surface area contributed by atoms with Crippen LogP contribution >= 0.6 is 0 Å². The molecule has 0 aliphatic carbocycles. The molecular formula is C25H28FN5O5S. The van der Waals surface area contributed by atoms with Gasteiger partial charge in [-0.25, -0.2) is 27.6 Å². The van der Waals surface area contributed by atoms with Crippen molar-refractivity contribution in [3.8, 4) is 17.0 Å². The van der Waals surface area contributed by atoms with Gasteiger partial charge in [-0.15, -0.1) is 0 Å². The van der Waals surface area contributed by atoms with Crippen molar-refractivity contribution in [3.05, 3.63) is 59.5 Å². The van der Waals surface area contributed by atoms with Crippen LogP contribution in [-0.2, 0) is 14.8 Å². The number of carbonyl (C=O) groups excluding carboxylic acids is 1. The topological polar surface area (TPSA) is 128 Å². The van der Waals surface area contributed by atoms with E-state index in [2.05, 4.69) is 4.98 Å². The number of esters is 1. The molecule has 0 amide bonds. The number of nitrogens with two attached hydrogens (primary N) is 1. The first-order chi connectivity index (χ1) is 17.6. The maximum absolute atomic E-state index is 13.9. The van der Waals surface area contributed by atoms with Crippen molar-refractivity contribution in [2.24, 2.45) is 0 Å². The number of hydrogen-bond acceptors (Lipinski definition) is 9. The van der Waals surface area contributed by atoms with E-state index in [0.29, 0.717) is 41.7 Å². The number of rotatable bonds is 7. The van der Waals surface area contributed by atoms with E-state index in [9.17, 15) is 17.6 Å². The Labute approximate surface area is 214 Å². The van der Waals surface area contributed by atoms with Crippen molar-refractivity contribution >= 4 is 27.6 Å². The van der Waals surface area contributed by atoms with Crippen LogP contribution in [0.3, 0.4) is 0 Å². The minimum Gasteiger partial charge on any atom is -0.497 e. The Hall–Kier alpha value is -3.77. The summed E-state index contributed by atoms with van der Waals surface area (Å²) in [5, 5.41) is 0. The van der Waals surface area contributed by atoms with Gasteiger partial charge < -0.3 is 20.1 Å². The fourth-order valence-electron chi connectivity index (χ4n) is 4.05. The lowest BCUT2D eigenvalue weighted by Crippen LogP contribution is -2.49. The second-order valence-electron chi connectivity index (χ2n) is 8.36. The normalized spacial score (nSPS) is 14.4. The summed E-state index contributed by atoms with van der Waals surface area (Å²) in [5.41, 5.74) is 7.17. The summed E-state index contributed by atoms with van der Waals surface area (Å²) in [7, 11) is -2.33. The molecule has 2 aromatic carbocycles. The molecule has 1 aliphatic heterocycles. The first-order valence-corrected chi connectivity index (χ1v) is 13.1. The molecule has 2 heterocycles. The quantitative estimate of drug-likeness (QED) is 0.363. The van der Waals surface area contributed by atoms with E-state index in [1.165, 1.54) is 16.4 Å². The fourth-order valence-corrected chi connectivity index (χ4v) is 5.49. The van der Waals surface area contributed by atoms with Crippen molar-refractivity contribution in [3.63, 3.8) is 0 Å². The van der Waals surface area contributed by atoms with E-state index in [1.54, 1.807) is 45.2 Å². The Morgan fingerprint density at radius 1 is 1.08 bits per heavy atom. The number of nitrogen functional groups attached to an aromatic ring is 1. The van der Waals surface area contributed by atoms with Crippen LogP contribution in [0.15, 0.2) is 47.4 Å². The summed E-state index contributed by atoms with van der Waals surface area (Å²) in [6.45, 7) is 4.54. The van der Waals surface area contributed by atoms with Gasteiger partial charge in [-0.05, 0) is 56.3 Å². The van der Waals surface area contributed by atoms with Gasteiger partial charge in [0.05, 0.1) is 35.7 Å². The van der Waals surface area contributed by atoms with Crippen molar-refractivity contribution in [2.75, 3.05) is 50.5 Å². The summed E-state index contributed by atoms with van der Waals surface area (Å²) in [5.74, 6) is -0.280. The number of ether oxygens (including phenoxy) is 2. The molecule has 37 heavy (non-hydrogen) atoms. The van der Waals surface area contributed by atoms with Crippen LogP contribution in [0.2, 0.25) is 0 Å². The number of nitrogens with zero attached hydrogens (tertiary/aromatic N) is 4. The second kappa shape index (κ2) is 10.7. The Balaban J connectivity index is 1.62. The van der Waals surface area contributed by atoms with Crippen LogP contribution in [0.5, 0.6) is 5.75 Å². The molecular weight excluding hydrogens is 501 g/mol. The summed E-state index contributed by atoms with van der Waals surface area (Å²) in [4.78, 5) is 23.7. The molecule has 0 saturated carbocycles. The molecule has 0 spiro atoms. The molecule has 4 rings (SSSR count). The van der Waals surface area contributed by atoms with E-state index < -0.39 is 21.8 Å². The maximum atomic E-state index is 13.9. The Morgan fingerprint density at radius 2 is 1.76 bits per heavy atom. The van der Waals surface area contributed by atoms with E-state index >= 15 is 0 Å². The number of hydrogen-bond donors (Lipinski definition) is 1. The van der Waals surface area contributed by atoms with Gasteiger partial charge in [0.1, 0.15) is 17.1 Å². The number of methoxy groups -OCH3 is 1. The number of aromatic nitrogens is 2. The molecule has 12 heteroatoms. The molecule has 0 bridgehead atoms. The van der Waals surface area contributed by atoms with Gasteiger partial charge in [-0.3, -0.25) is 0 Å². The third-order valence-electron chi connectivity index (χ3n) is 6.05. The minimum absolute atomic E-state index is 0.116. The summed E-state index contributed by atoms with van der Waals surface area (Å²) >= 11 is 0. The minimum atomic E-state index is -3.90. The van der Waals surface area contributed by atoms with Crippen molar-refractivity contribution in [2.45, 2.75) is 18.7 Å². The highest BCUT2D eigenvalue weighted by Crippen LogP contribution is 2.29. The molecule has 1 aromatic heterocycles. The molecule has 10 nitrogen and oxygen atoms in total. The zero-order chi connectivity index (χ0) is 26.7. The molecule has 0 atom stereocenters. The molecule has 0 unspecified atom stereocenters. The number of carbonyl (C=O) groups is 1. The van der Waals surface area contributed by atoms with Gasteiger partial charge in [0, 0.05) is 31.7 Å². The Morgan fingerprint density at radius 3 is 2.35 bits per heavy atom. The smallest absolute Gasteiger partial charge is 0.342 e. The van der Waals surface area contributed by atoms with Crippen LogP contribution in [0.1, 0.15) is 23.0 Å². The zero-order valence-electron chi connectivity index (χ0n) is 20.8. The highest BCUT2D eigenvalue weighted by molar-refractivity contribution is 7.89. The van der Waals surface area contributed by atoms with Crippen molar-refractivity contribution < 1.29 is 27.1 Å². The number of sulfonamides is 1. The third kappa shape index (κ3) is 5.35. The number of piperazine rings is 1. The number of aryl methyl sites for hydroxylation is 1. The van der Waals surface area contributed by atoms with Gasteiger partial charge in [-0.1, -0.05) is 0 Å². The molecule has 1 aliphatic rings. The standard InChI is InChI=1S/C25H28FN5O5S/c1-4-36-24(32)22-16(2)28-25(29-23(22)17-5-7-18(35-3)8-6-17)30-11-13-31(14-12-30)37(33,34)19-9-10-21(27)20(26)15-19/h5-10,15H,4,11-14,27H2,1-3H3. The number of halogens is 1. The zero-order valence-corrected chi connectivity index (χ0v) is 21.6. The molecule has 3 aromatic rings. The van der Waals surface area contributed by atoms with E-state index in [-0.39, 0.29) is 35.8 Å². The number of anilines is 2. The SMILES string of the molecule is CCOC(=O)c1c(C)nc(N2CCN(S(=O)(=O)c3ccc(N)c(F)c3)CC2)nc1-c1ccc(OC)cc1. The second-order valence-corrected chi connectivity index (χ2v) is 10.3. The van der Waals surface area contributed by atoms with Crippen LogP contribution in [0.4, 0.5) is 16.0 Å². The highest BCUT2D eigenvalue weighted by Gasteiger charge is 2.31. The van der Waals surface area contributed by atoms with Gasteiger partial charge in [-0.2, -0.15) is 4.31 Å². The van der Waals surface area contributed by atoms with Gasteiger partial charge in [0.15, 0.2) is 0 Å². The van der Waals surface area contributed by atoms with Crippen molar-refractivity contribution in [1.29, 1.82) is 0 Å². The van der Waals surface area contributed by atoms with E-state index in [1.807, 2.05) is 4.90 Å². The molecule has 1 fully saturated rings. The average molecular weight is 530 g/mol. The monoisotopic (exact) mass is 529 g/mol. The van der Waals surface area contributed by atoms with E-state index in [4.69, 9.17) is 20.2 Å². The first kappa shape index (κ1) is 26.3. The molecule has 1 saturated heterocycles. The summed E-state index contributed by atoms with van der Waals surface area (Å²) < 4.78 is 51.7. The molecule has 196 valence electrons. The first-order valence-electron chi connectivity index (χ1n) is 11.7. The van der Waals surface area contributed by atoms with Gasteiger partial charge >= 0.3 is 5.97 Å². The van der Waals surface area contributed by atoms with Crippen LogP contribution in [-0.4, -0.2) is 68.6 Å². The summed E-state index contributed by atoms with van der Waals surface area (Å²) in [6.07, 6.45) is 0. The lowest BCUT2D eigenvalue weighted by Gasteiger charge is -2.34. The predicted molar refractivity (Wildman–Crippen MR) is 136 cm³/mol. The van der Waals surface area contributed by atoms with Crippen LogP contribution in [0, 0.1) is 12.7 Å². The number of benzene rings is 2. The third-order valence-corrected chi connectivity index (χ3v) is 7.95. The largest absolute Gasteiger partial charge is 0.497 e. The van der Waals surface area contributed by atoms with Crippen LogP contribution < -0.4 is 15.4 Å². The van der Waals surface area contributed by atoms with Gasteiger partial charge in [0.2, 0.25) is 16.0 Å². The lowest BCUT2D eigenvalue weighted by atomic mass is 10.0. The molecule has 0 radical (unpaired) electrons. The van der Waals surface area contributed by atoms with Crippen LogP contribution in [0.25, 0.3) is 11.3 Å². The fraction of sp³-hybridized carbons (Fsp3) is 0.320. The molecule has 2 N–H and O–H groups in total. The average Bonchev–Trinajstić information content (AvgIpc) is 2.90. The lowest BCUT2D eigenvalue weighted by molar-refractivity contribution is 0.0525. The Bertz CT molecular complexity index is 1410. The van der Waals surface area contributed by atoms with Crippen molar-refractivity contribution in [1.82, 2.24) is 14.3 Å². The summed E-state index contributed by atoms with van der Waals surface area (Å²) in [6, 6.07) is 10.6. The Kier molecular flexibility index (Phi) is 7.60. The van der Waals surface area contributed by atoms with E-state index in [0.717, 1.165) is 6.07 Å². The van der Waals surface area contributed by atoms with Gasteiger partial charge in [0.25, 0.3) is 0 Å². The highest BCUT2D eigenvalue weighted by atomic mass is 32.2.